The fourth-order valence-corrected chi connectivity index (χ4v) is 12.0. The molecule has 7 atom stereocenters. The lowest BCUT2D eigenvalue weighted by molar-refractivity contribution is -0.159. The number of nitrogens with one attached hydrogen (secondary N) is 2. The van der Waals surface area contributed by atoms with Gasteiger partial charge in [-0.15, -0.1) is 11.3 Å². The monoisotopic (exact) mass is 900 g/mol. The highest BCUT2D eigenvalue weighted by atomic mass is 32.1. The van der Waals surface area contributed by atoms with Gasteiger partial charge in [0.1, 0.15) is 23.4 Å². The number of fused-ring (bicyclic) bond motifs is 6. The van der Waals surface area contributed by atoms with Crippen LogP contribution >= 0.6 is 11.3 Å². The Bertz CT molecular complexity index is 2630. The number of nitrogens with zero attached hydrogens (tertiary/aromatic N) is 8. The number of carbonyl (C=O) groups is 3. The normalized spacial score (nSPS) is 27.1. The molecule has 0 unspecified atom stereocenters. The van der Waals surface area contributed by atoms with Gasteiger partial charge in [0.05, 0.1) is 35.8 Å². The molecule has 8 heterocycles. The van der Waals surface area contributed by atoms with E-state index in [4.69, 9.17) is 19.4 Å². The van der Waals surface area contributed by atoms with Crippen molar-refractivity contribution in [1.29, 1.82) is 0 Å². The molecule has 4 fully saturated rings. The SMILES string of the molecule is CCn1c(-c2cccnc2[C@H](C)OC)c2c3cc(ccc31)-c1csc(n1)[C@@H](N1CC3(CCN3C)C1)[C@H](NC(=O)[C@@H]1[C@@H](C)[C@H]1c1ccncn1)C(=O)N1CCC[C@H](N1)C(=O)OCC(C)(C)C2. The molecule has 6 bridgehead atoms. The first-order chi connectivity index (χ1) is 31.3. The van der Waals surface area contributed by atoms with Crippen LogP contribution in [0.3, 0.4) is 0 Å². The van der Waals surface area contributed by atoms with Gasteiger partial charge in [0.2, 0.25) is 5.91 Å². The number of carbonyl (C=O) groups excluding carboxylic acids is 3. The second-order valence-corrected chi connectivity index (χ2v) is 20.6. The number of hydrazine groups is 1. The van der Waals surface area contributed by atoms with Crippen molar-refractivity contribution in [2.24, 2.45) is 17.3 Å². The van der Waals surface area contributed by atoms with Crippen molar-refractivity contribution in [1.82, 2.24) is 50.1 Å². The largest absolute Gasteiger partial charge is 0.464 e. The first-order valence-corrected chi connectivity index (χ1v) is 24.0. The van der Waals surface area contributed by atoms with Crippen molar-refractivity contribution < 1.29 is 23.9 Å². The van der Waals surface area contributed by atoms with Crippen molar-refractivity contribution in [3.63, 3.8) is 0 Å². The summed E-state index contributed by atoms with van der Waals surface area (Å²) in [5, 5.41) is 8.78. The maximum atomic E-state index is 15.3. The van der Waals surface area contributed by atoms with E-state index in [1.54, 1.807) is 18.3 Å². The number of cyclic esters (lactones) is 1. The van der Waals surface area contributed by atoms with Crippen LogP contribution in [-0.2, 0) is 36.8 Å². The highest BCUT2D eigenvalue weighted by molar-refractivity contribution is 7.10. The molecule has 4 aliphatic heterocycles. The van der Waals surface area contributed by atoms with Crippen LogP contribution in [0.15, 0.2) is 60.5 Å². The molecule has 10 rings (SSSR count). The van der Waals surface area contributed by atoms with E-state index < -0.39 is 29.5 Å². The van der Waals surface area contributed by atoms with E-state index in [2.05, 4.69) is 99.5 Å². The summed E-state index contributed by atoms with van der Waals surface area (Å²) < 4.78 is 14.4. The number of pyridine rings is 1. The number of hydrogen-bond donors (Lipinski definition) is 2. The number of hydrogen-bond acceptors (Lipinski definition) is 13. The molecule has 15 nitrogen and oxygen atoms in total. The molecule has 0 radical (unpaired) electrons. The summed E-state index contributed by atoms with van der Waals surface area (Å²) in [6.07, 6.45) is 7.57. The van der Waals surface area contributed by atoms with Gasteiger partial charge in [-0.2, -0.15) is 0 Å². The quantitative estimate of drug-likeness (QED) is 0.177. The van der Waals surface area contributed by atoms with E-state index in [-0.39, 0.29) is 47.8 Å². The minimum Gasteiger partial charge on any atom is -0.464 e. The molecule has 5 aromatic rings. The van der Waals surface area contributed by atoms with E-state index in [0.717, 1.165) is 88.0 Å². The van der Waals surface area contributed by atoms with Gasteiger partial charge in [-0.1, -0.05) is 26.8 Å². The van der Waals surface area contributed by atoms with Crippen LogP contribution < -0.4 is 10.7 Å². The summed E-state index contributed by atoms with van der Waals surface area (Å²) in [5.74, 6) is -1.31. The Hall–Kier alpha value is -5.13. The molecule has 5 aliphatic rings. The van der Waals surface area contributed by atoms with Crippen LogP contribution in [0.1, 0.15) is 93.9 Å². The zero-order valence-corrected chi connectivity index (χ0v) is 39.2. The number of aromatic nitrogens is 5. The summed E-state index contributed by atoms with van der Waals surface area (Å²) in [6.45, 7) is 14.3. The zero-order valence-electron chi connectivity index (χ0n) is 38.4. The third-order valence-corrected chi connectivity index (χ3v) is 15.9. The Kier molecular flexibility index (Phi) is 11.4. The number of esters is 1. The van der Waals surface area contributed by atoms with Gasteiger partial charge < -0.3 is 19.4 Å². The number of rotatable bonds is 8. The maximum Gasteiger partial charge on any atom is 0.324 e. The van der Waals surface area contributed by atoms with Gasteiger partial charge in [-0.05, 0) is 88.4 Å². The molecule has 3 saturated heterocycles. The third kappa shape index (κ3) is 7.74. The predicted molar refractivity (Wildman–Crippen MR) is 247 cm³/mol. The van der Waals surface area contributed by atoms with E-state index in [1.165, 1.54) is 17.7 Å². The minimum atomic E-state index is -0.999. The number of benzene rings is 1. The average Bonchev–Trinajstić information content (AvgIpc) is 3.58. The molecule has 16 heteroatoms. The number of aryl methyl sites for hydroxylation is 1. The first-order valence-electron chi connectivity index (χ1n) is 23.2. The molecule has 1 saturated carbocycles. The van der Waals surface area contributed by atoms with Gasteiger partial charge >= 0.3 is 5.97 Å². The van der Waals surface area contributed by atoms with Crippen LogP contribution in [0.25, 0.3) is 33.4 Å². The van der Waals surface area contributed by atoms with Gasteiger partial charge in [0.25, 0.3) is 5.91 Å². The van der Waals surface area contributed by atoms with Crippen molar-refractivity contribution in [2.45, 2.75) is 103 Å². The summed E-state index contributed by atoms with van der Waals surface area (Å²) in [6, 6.07) is 10.2. The van der Waals surface area contributed by atoms with Crippen LogP contribution in [0.4, 0.5) is 0 Å². The number of likely N-dealkylation sites (tertiary alicyclic amines) is 2. The maximum absolute atomic E-state index is 15.3. The molecule has 342 valence electrons. The minimum absolute atomic E-state index is 0.0274. The smallest absolute Gasteiger partial charge is 0.324 e. The number of likely N-dealkylation sites (N-methyl/N-ethyl adjacent to an activating group) is 1. The molecular weight excluding hydrogens is 841 g/mol. The number of amides is 2. The Labute approximate surface area is 384 Å². The molecular formula is C49H60N10O5S. The summed E-state index contributed by atoms with van der Waals surface area (Å²) >= 11 is 1.52. The van der Waals surface area contributed by atoms with Crippen molar-refractivity contribution in [3.05, 3.63) is 82.5 Å². The van der Waals surface area contributed by atoms with E-state index in [9.17, 15) is 9.59 Å². The molecule has 2 amide bonds. The van der Waals surface area contributed by atoms with Gasteiger partial charge in [-0.25, -0.2) is 20.4 Å². The Morgan fingerprint density at radius 2 is 1.95 bits per heavy atom. The number of methoxy groups -OCH3 is 1. The van der Waals surface area contributed by atoms with Crippen molar-refractivity contribution in [3.8, 4) is 22.5 Å². The lowest BCUT2D eigenvalue weighted by atomic mass is 9.76. The molecule has 4 aromatic heterocycles. The summed E-state index contributed by atoms with van der Waals surface area (Å²) in [4.78, 5) is 67.5. The highest BCUT2D eigenvalue weighted by Crippen LogP contribution is 2.53. The van der Waals surface area contributed by atoms with Crippen LogP contribution in [-0.4, -0.2) is 122 Å². The second-order valence-electron chi connectivity index (χ2n) is 19.7. The molecule has 1 aromatic carbocycles. The highest BCUT2D eigenvalue weighted by Gasteiger charge is 2.58. The van der Waals surface area contributed by atoms with E-state index in [1.807, 2.05) is 25.3 Å². The molecule has 65 heavy (non-hydrogen) atoms. The fourth-order valence-electron chi connectivity index (χ4n) is 11.0. The van der Waals surface area contributed by atoms with Crippen LogP contribution in [0, 0.1) is 17.3 Å². The van der Waals surface area contributed by atoms with Gasteiger partial charge in [-0.3, -0.25) is 34.2 Å². The molecule has 2 N–H and O–H groups in total. The van der Waals surface area contributed by atoms with Crippen LogP contribution in [0.5, 0.6) is 0 Å². The average molecular weight is 901 g/mol. The summed E-state index contributed by atoms with van der Waals surface area (Å²) in [7, 11) is 3.86. The third-order valence-electron chi connectivity index (χ3n) is 15.0. The lowest BCUT2D eigenvalue weighted by Crippen LogP contribution is -2.77. The Morgan fingerprint density at radius 3 is 2.68 bits per heavy atom. The Morgan fingerprint density at radius 1 is 1.12 bits per heavy atom. The van der Waals surface area contributed by atoms with Crippen LogP contribution in [0.2, 0.25) is 0 Å². The molecule has 1 aliphatic carbocycles. The fraction of sp³-hybridized carbons (Fsp3) is 0.531. The Balaban J connectivity index is 1.11. The van der Waals surface area contributed by atoms with E-state index >= 15 is 4.79 Å². The zero-order chi connectivity index (χ0) is 45.4. The summed E-state index contributed by atoms with van der Waals surface area (Å²) in [5.41, 5.74) is 10.5. The number of thiazole rings is 1. The van der Waals surface area contributed by atoms with Gasteiger partial charge in [0, 0.05) is 108 Å². The lowest BCUT2D eigenvalue weighted by Gasteiger charge is -2.63. The first kappa shape index (κ1) is 43.7. The second kappa shape index (κ2) is 16.9. The number of ether oxygens (including phenoxy) is 2. The standard InChI is InChI=1S/C49H60N10O5S/c1-8-58-37-14-13-30-21-32(37)33(42(58)31-11-9-17-51-40(31)29(3)63-7)22-48(4,5)26-64-47(62)35-12-10-19-59(55-35)46(61)41(54-44(60)39-28(2)38(39)34-15-18-50-27-52-34)43(45-53-36(30)23-65-45)57-24-49(25-57)16-20-56(49)6/h9,11,13-15,17-18,21,23,27-29,35,38-39,41,43,55H,8,10,12,16,19-20,22,24-26H2,1-7H3,(H,54,60)/t28-,29-,35-,38-,39+,41-,43-/m0/s1. The molecule has 1 spiro atoms. The van der Waals surface area contributed by atoms with Crippen molar-refractivity contribution >= 4 is 40.0 Å². The topological polar surface area (TPSA) is 160 Å². The van der Waals surface area contributed by atoms with E-state index in [0.29, 0.717) is 25.8 Å². The predicted octanol–water partition coefficient (Wildman–Crippen LogP) is 5.93. The van der Waals surface area contributed by atoms with Crippen molar-refractivity contribution in [2.75, 3.05) is 46.9 Å². The van der Waals surface area contributed by atoms with Gasteiger partial charge in [0.15, 0.2) is 0 Å².